The van der Waals surface area contributed by atoms with E-state index in [-0.39, 0.29) is 18.1 Å². The fourth-order valence-corrected chi connectivity index (χ4v) is 3.83. The molecular formula is C16H21N3O2S. The highest BCUT2D eigenvalue weighted by Crippen LogP contribution is 2.25. The first-order valence-electron chi connectivity index (χ1n) is 7.49. The lowest BCUT2D eigenvalue weighted by Gasteiger charge is -2.27. The SMILES string of the molecule is CO[C@@H]1CCN(C(=O)Cc2cccs2)[C@H]1Cc1cnn(C)c1. The molecule has 1 aliphatic heterocycles. The topological polar surface area (TPSA) is 47.4 Å². The standard InChI is InChI=1S/C16H21N3O2S/c1-18-11-12(10-17-18)8-14-15(21-2)5-6-19(14)16(20)9-13-4-3-7-22-13/h3-4,7,10-11,14-15H,5-6,8-9H2,1-2H3/t14-,15+/m0/s1. The van der Waals surface area contributed by atoms with E-state index in [1.54, 1.807) is 23.1 Å². The molecule has 0 aromatic carbocycles. The molecule has 0 bridgehead atoms. The molecule has 3 rings (SSSR count). The minimum Gasteiger partial charge on any atom is -0.379 e. The number of likely N-dealkylation sites (tertiary alicyclic amines) is 1. The number of aryl methyl sites for hydroxylation is 1. The summed E-state index contributed by atoms with van der Waals surface area (Å²) >= 11 is 1.63. The van der Waals surface area contributed by atoms with Crippen LogP contribution in [0.1, 0.15) is 16.9 Å². The monoisotopic (exact) mass is 319 g/mol. The van der Waals surface area contributed by atoms with Gasteiger partial charge in [0.25, 0.3) is 0 Å². The Morgan fingerprint density at radius 1 is 1.55 bits per heavy atom. The predicted molar refractivity (Wildman–Crippen MR) is 85.9 cm³/mol. The van der Waals surface area contributed by atoms with E-state index < -0.39 is 0 Å². The number of aromatic nitrogens is 2. The molecule has 5 nitrogen and oxygen atoms in total. The van der Waals surface area contributed by atoms with Crippen molar-refractivity contribution in [1.29, 1.82) is 0 Å². The van der Waals surface area contributed by atoms with E-state index in [0.717, 1.165) is 29.8 Å². The quantitative estimate of drug-likeness (QED) is 0.845. The lowest BCUT2D eigenvalue weighted by molar-refractivity contribution is -0.132. The Kier molecular flexibility index (Phi) is 4.59. The van der Waals surface area contributed by atoms with E-state index in [4.69, 9.17) is 4.74 Å². The number of hydrogen-bond donors (Lipinski definition) is 0. The van der Waals surface area contributed by atoms with Crippen LogP contribution in [0.4, 0.5) is 0 Å². The molecule has 0 saturated carbocycles. The summed E-state index contributed by atoms with van der Waals surface area (Å²) in [6.45, 7) is 0.771. The van der Waals surface area contributed by atoms with Crippen LogP contribution in [-0.4, -0.2) is 46.4 Å². The van der Waals surface area contributed by atoms with Crippen molar-refractivity contribution in [2.24, 2.45) is 7.05 Å². The van der Waals surface area contributed by atoms with Gasteiger partial charge in [-0.2, -0.15) is 5.10 Å². The predicted octanol–water partition coefficient (Wildman–Crippen LogP) is 1.88. The summed E-state index contributed by atoms with van der Waals surface area (Å²) < 4.78 is 7.40. The van der Waals surface area contributed by atoms with Crippen molar-refractivity contribution in [3.63, 3.8) is 0 Å². The van der Waals surface area contributed by atoms with Crippen molar-refractivity contribution in [3.05, 3.63) is 40.3 Å². The van der Waals surface area contributed by atoms with Crippen LogP contribution >= 0.6 is 11.3 Å². The normalized spacial score (nSPS) is 21.5. The minimum absolute atomic E-state index is 0.0988. The first-order valence-corrected chi connectivity index (χ1v) is 8.37. The van der Waals surface area contributed by atoms with Gasteiger partial charge in [0.05, 0.1) is 24.8 Å². The number of ether oxygens (including phenoxy) is 1. The summed E-state index contributed by atoms with van der Waals surface area (Å²) in [4.78, 5) is 15.7. The van der Waals surface area contributed by atoms with Crippen LogP contribution in [0.2, 0.25) is 0 Å². The Morgan fingerprint density at radius 3 is 3.05 bits per heavy atom. The van der Waals surface area contributed by atoms with Crippen LogP contribution in [0.25, 0.3) is 0 Å². The van der Waals surface area contributed by atoms with Crippen LogP contribution in [0, 0.1) is 0 Å². The Morgan fingerprint density at radius 2 is 2.41 bits per heavy atom. The molecule has 1 amide bonds. The molecule has 0 unspecified atom stereocenters. The van der Waals surface area contributed by atoms with Crippen LogP contribution in [-0.2, 0) is 29.4 Å². The second kappa shape index (κ2) is 6.62. The fourth-order valence-electron chi connectivity index (χ4n) is 3.13. The highest BCUT2D eigenvalue weighted by molar-refractivity contribution is 7.10. The van der Waals surface area contributed by atoms with Crippen molar-refractivity contribution in [2.75, 3.05) is 13.7 Å². The molecule has 1 aliphatic rings. The summed E-state index contributed by atoms with van der Waals surface area (Å²) in [6.07, 6.45) is 6.16. The largest absolute Gasteiger partial charge is 0.379 e. The number of carbonyl (C=O) groups excluding carboxylic acids is 1. The van der Waals surface area contributed by atoms with Crippen molar-refractivity contribution in [1.82, 2.24) is 14.7 Å². The van der Waals surface area contributed by atoms with Gasteiger partial charge in [0.2, 0.25) is 5.91 Å². The van der Waals surface area contributed by atoms with E-state index in [1.165, 1.54) is 0 Å². The summed E-state index contributed by atoms with van der Waals surface area (Å²) in [6, 6.07) is 4.10. The van der Waals surface area contributed by atoms with Crippen LogP contribution in [0.5, 0.6) is 0 Å². The van der Waals surface area contributed by atoms with Gasteiger partial charge in [0.1, 0.15) is 0 Å². The number of nitrogens with zero attached hydrogens (tertiary/aromatic N) is 3. The first-order chi connectivity index (χ1) is 10.7. The van der Waals surface area contributed by atoms with Crippen molar-refractivity contribution < 1.29 is 9.53 Å². The third-order valence-electron chi connectivity index (χ3n) is 4.22. The van der Waals surface area contributed by atoms with Crippen molar-refractivity contribution in [3.8, 4) is 0 Å². The van der Waals surface area contributed by atoms with Gasteiger partial charge in [0.15, 0.2) is 0 Å². The summed E-state index contributed by atoms with van der Waals surface area (Å²) in [5.41, 5.74) is 1.14. The molecule has 22 heavy (non-hydrogen) atoms. The molecule has 118 valence electrons. The smallest absolute Gasteiger partial charge is 0.228 e. The maximum Gasteiger partial charge on any atom is 0.228 e. The molecule has 1 fully saturated rings. The van der Waals surface area contributed by atoms with Crippen molar-refractivity contribution >= 4 is 17.2 Å². The second-order valence-electron chi connectivity index (χ2n) is 5.70. The maximum atomic E-state index is 12.6. The Labute approximate surface area is 134 Å². The number of hydrogen-bond acceptors (Lipinski definition) is 4. The molecule has 0 N–H and O–H groups in total. The second-order valence-corrected chi connectivity index (χ2v) is 6.73. The molecule has 2 aromatic heterocycles. The average molecular weight is 319 g/mol. The average Bonchev–Trinajstić information content (AvgIpc) is 3.21. The molecule has 2 aromatic rings. The van der Waals surface area contributed by atoms with Crippen LogP contribution < -0.4 is 0 Å². The van der Waals surface area contributed by atoms with Gasteiger partial charge in [-0.05, 0) is 29.9 Å². The van der Waals surface area contributed by atoms with E-state index >= 15 is 0 Å². The molecule has 1 saturated heterocycles. The Hall–Kier alpha value is -1.66. The number of carbonyl (C=O) groups is 1. The molecule has 2 atom stereocenters. The van der Waals surface area contributed by atoms with Gasteiger partial charge >= 0.3 is 0 Å². The van der Waals surface area contributed by atoms with Gasteiger partial charge in [-0.1, -0.05) is 6.07 Å². The highest BCUT2D eigenvalue weighted by Gasteiger charge is 2.37. The molecular weight excluding hydrogens is 298 g/mol. The van der Waals surface area contributed by atoms with Crippen LogP contribution in [0.15, 0.2) is 29.9 Å². The molecule has 0 spiro atoms. The first kappa shape index (κ1) is 15.2. The van der Waals surface area contributed by atoms with E-state index in [1.807, 2.05) is 41.9 Å². The zero-order valence-electron chi connectivity index (χ0n) is 12.9. The molecule has 6 heteroatoms. The summed E-state index contributed by atoms with van der Waals surface area (Å²) in [5.74, 6) is 0.191. The van der Waals surface area contributed by atoms with Crippen molar-refractivity contribution in [2.45, 2.75) is 31.4 Å². The van der Waals surface area contributed by atoms with E-state index in [0.29, 0.717) is 6.42 Å². The van der Waals surface area contributed by atoms with Gasteiger partial charge in [-0.3, -0.25) is 9.48 Å². The number of rotatable bonds is 5. The van der Waals surface area contributed by atoms with Gasteiger partial charge in [0, 0.05) is 31.8 Å². The zero-order valence-corrected chi connectivity index (χ0v) is 13.8. The Balaban J connectivity index is 1.72. The van der Waals surface area contributed by atoms with Gasteiger partial charge in [-0.25, -0.2) is 0 Å². The summed E-state index contributed by atoms with van der Waals surface area (Å²) in [5, 5.41) is 6.23. The molecule has 0 radical (unpaired) electrons. The molecule has 3 heterocycles. The molecule has 0 aliphatic carbocycles. The zero-order chi connectivity index (χ0) is 15.5. The van der Waals surface area contributed by atoms with Crippen LogP contribution in [0.3, 0.4) is 0 Å². The third kappa shape index (κ3) is 3.23. The third-order valence-corrected chi connectivity index (χ3v) is 5.09. The number of amides is 1. The van der Waals surface area contributed by atoms with Gasteiger partial charge in [-0.15, -0.1) is 11.3 Å². The van der Waals surface area contributed by atoms with E-state index in [9.17, 15) is 4.79 Å². The summed E-state index contributed by atoms with van der Waals surface area (Å²) in [7, 11) is 3.64. The Bertz CT molecular complexity index is 623. The lowest BCUT2D eigenvalue weighted by atomic mass is 10.0. The van der Waals surface area contributed by atoms with Gasteiger partial charge < -0.3 is 9.64 Å². The number of thiophene rings is 1. The number of methoxy groups -OCH3 is 1. The minimum atomic E-state index is 0.0988. The lowest BCUT2D eigenvalue weighted by Crippen LogP contribution is -2.42. The highest BCUT2D eigenvalue weighted by atomic mass is 32.1. The fraction of sp³-hybridized carbons (Fsp3) is 0.500. The van der Waals surface area contributed by atoms with E-state index in [2.05, 4.69) is 5.10 Å². The maximum absolute atomic E-state index is 12.6.